The molecule has 2 rings (SSSR count). The lowest BCUT2D eigenvalue weighted by atomic mass is 10.0. The van der Waals surface area contributed by atoms with Gasteiger partial charge in [0.1, 0.15) is 5.82 Å². The predicted molar refractivity (Wildman–Crippen MR) is 82.1 cm³/mol. The fourth-order valence-corrected chi connectivity index (χ4v) is 2.60. The quantitative estimate of drug-likeness (QED) is 0.865. The summed E-state index contributed by atoms with van der Waals surface area (Å²) >= 11 is 3.24. The molecule has 108 valence electrons. The average Bonchev–Trinajstić information content (AvgIpc) is 2.88. The molecular formula is C15H19BrFN3. The standard InChI is InChI=1S/C15H19BrFN3/c1-3-7-20-10-12(9-19-20)15(18-4-2)11-5-6-14(17)13(16)8-11/h5-6,8-10,15,18H,3-4,7H2,1-2H3. The van der Waals surface area contributed by atoms with Gasteiger partial charge in [0.15, 0.2) is 0 Å². The van der Waals surface area contributed by atoms with E-state index in [1.54, 1.807) is 0 Å². The molecule has 0 aliphatic heterocycles. The van der Waals surface area contributed by atoms with Gasteiger partial charge in [-0.2, -0.15) is 5.10 Å². The Morgan fingerprint density at radius 3 is 2.80 bits per heavy atom. The Labute approximate surface area is 127 Å². The van der Waals surface area contributed by atoms with Crippen LogP contribution >= 0.6 is 15.9 Å². The molecule has 5 heteroatoms. The SMILES string of the molecule is CCCn1cc(C(NCC)c2ccc(F)c(Br)c2)cn1. The second-order valence-corrected chi connectivity index (χ2v) is 5.56. The number of hydrogen-bond acceptors (Lipinski definition) is 2. The van der Waals surface area contributed by atoms with Crippen LogP contribution in [0.5, 0.6) is 0 Å². The van der Waals surface area contributed by atoms with E-state index in [1.165, 1.54) is 6.07 Å². The number of nitrogens with one attached hydrogen (secondary N) is 1. The molecule has 20 heavy (non-hydrogen) atoms. The van der Waals surface area contributed by atoms with Crippen LogP contribution in [0.1, 0.15) is 37.4 Å². The highest BCUT2D eigenvalue weighted by molar-refractivity contribution is 9.10. The van der Waals surface area contributed by atoms with Crippen molar-refractivity contribution < 1.29 is 4.39 Å². The van der Waals surface area contributed by atoms with Crippen LogP contribution in [0.2, 0.25) is 0 Å². The molecule has 1 aromatic carbocycles. The van der Waals surface area contributed by atoms with E-state index < -0.39 is 0 Å². The monoisotopic (exact) mass is 339 g/mol. The summed E-state index contributed by atoms with van der Waals surface area (Å²) in [6.45, 7) is 5.92. The fraction of sp³-hybridized carbons (Fsp3) is 0.400. The van der Waals surface area contributed by atoms with Crippen LogP contribution in [-0.4, -0.2) is 16.3 Å². The molecule has 0 spiro atoms. The van der Waals surface area contributed by atoms with Gasteiger partial charge in [-0.05, 0) is 46.6 Å². The third kappa shape index (κ3) is 3.46. The number of hydrogen-bond donors (Lipinski definition) is 1. The number of rotatable bonds is 6. The second-order valence-electron chi connectivity index (χ2n) is 4.70. The molecule has 1 atom stereocenters. The van der Waals surface area contributed by atoms with Crippen LogP contribution in [0.15, 0.2) is 35.1 Å². The topological polar surface area (TPSA) is 29.9 Å². The molecule has 2 aromatic rings. The van der Waals surface area contributed by atoms with E-state index in [-0.39, 0.29) is 11.9 Å². The summed E-state index contributed by atoms with van der Waals surface area (Å²) in [5.41, 5.74) is 2.12. The highest BCUT2D eigenvalue weighted by atomic mass is 79.9. The summed E-state index contributed by atoms with van der Waals surface area (Å²) in [5.74, 6) is -0.245. The van der Waals surface area contributed by atoms with Gasteiger partial charge in [0.2, 0.25) is 0 Å². The smallest absolute Gasteiger partial charge is 0.137 e. The maximum Gasteiger partial charge on any atom is 0.137 e. The minimum absolute atomic E-state index is 0.0301. The first kappa shape index (κ1) is 15.2. The van der Waals surface area contributed by atoms with E-state index >= 15 is 0 Å². The third-order valence-corrected chi connectivity index (χ3v) is 3.73. The van der Waals surface area contributed by atoms with E-state index in [9.17, 15) is 4.39 Å². The molecule has 0 aliphatic rings. The van der Waals surface area contributed by atoms with E-state index in [0.717, 1.165) is 30.6 Å². The summed E-state index contributed by atoms with van der Waals surface area (Å²) in [6, 6.07) is 5.15. The van der Waals surface area contributed by atoms with Crippen LogP contribution in [-0.2, 0) is 6.54 Å². The molecule has 1 heterocycles. The molecule has 1 N–H and O–H groups in total. The van der Waals surface area contributed by atoms with Crippen LogP contribution in [0, 0.1) is 5.82 Å². The van der Waals surface area contributed by atoms with Crippen LogP contribution in [0.4, 0.5) is 4.39 Å². The summed E-state index contributed by atoms with van der Waals surface area (Å²) in [5, 5.41) is 7.79. The first-order valence-corrected chi connectivity index (χ1v) is 7.65. The van der Waals surface area contributed by atoms with Gasteiger partial charge in [-0.3, -0.25) is 4.68 Å². The summed E-state index contributed by atoms with van der Waals surface area (Å²) < 4.78 is 15.8. The average molecular weight is 340 g/mol. The van der Waals surface area contributed by atoms with Gasteiger partial charge in [-0.15, -0.1) is 0 Å². The first-order chi connectivity index (χ1) is 9.65. The zero-order valence-electron chi connectivity index (χ0n) is 11.7. The molecule has 0 aliphatic carbocycles. The summed E-state index contributed by atoms with van der Waals surface area (Å²) in [7, 11) is 0. The van der Waals surface area contributed by atoms with E-state index in [4.69, 9.17) is 0 Å². The largest absolute Gasteiger partial charge is 0.306 e. The van der Waals surface area contributed by atoms with Crippen molar-refractivity contribution in [3.05, 3.63) is 52.0 Å². The van der Waals surface area contributed by atoms with Gasteiger partial charge in [-0.25, -0.2) is 4.39 Å². The minimum atomic E-state index is -0.245. The third-order valence-electron chi connectivity index (χ3n) is 3.12. The lowest BCUT2D eigenvalue weighted by Crippen LogP contribution is -2.21. The maximum atomic E-state index is 13.4. The molecular weight excluding hydrogens is 321 g/mol. The molecule has 0 saturated carbocycles. The fourth-order valence-electron chi connectivity index (χ4n) is 2.20. The Hall–Kier alpha value is -1.20. The summed E-state index contributed by atoms with van der Waals surface area (Å²) in [6.07, 6.45) is 4.98. The van der Waals surface area contributed by atoms with Crippen molar-refractivity contribution in [1.29, 1.82) is 0 Å². The number of nitrogens with zero attached hydrogens (tertiary/aromatic N) is 2. The Kier molecular flexibility index (Phi) is 5.31. The van der Waals surface area contributed by atoms with E-state index in [2.05, 4.69) is 40.2 Å². The van der Waals surface area contributed by atoms with Crippen molar-refractivity contribution in [3.63, 3.8) is 0 Å². The zero-order valence-corrected chi connectivity index (χ0v) is 13.3. The van der Waals surface area contributed by atoms with Gasteiger partial charge >= 0.3 is 0 Å². The van der Waals surface area contributed by atoms with Crippen molar-refractivity contribution in [3.8, 4) is 0 Å². The van der Waals surface area contributed by atoms with E-state index in [1.807, 2.05) is 29.2 Å². The van der Waals surface area contributed by atoms with Crippen molar-refractivity contribution in [2.45, 2.75) is 32.9 Å². The second kappa shape index (κ2) is 6.99. The van der Waals surface area contributed by atoms with Gasteiger partial charge < -0.3 is 5.32 Å². The van der Waals surface area contributed by atoms with Gasteiger partial charge in [0.25, 0.3) is 0 Å². The number of benzene rings is 1. The molecule has 0 fully saturated rings. The van der Waals surface area contributed by atoms with Crippen LogP contribution < -0.4 is 5.32 Å². The van der Waals surface area contributed by atoms with Crippen molar-refractivity contribution >= 4 is 15.9 Å². The minimum Gasteiger partial charge on any atom is -0.306 e. The Balaban J connectivity index is 2.31. The summed E-state index contributed by atoms with van der Waals surface area (Å²) in [4.78, 5) is 0. The Morgan fingerprint density at radius 1 is 1.35 bits per heavy atom. The maximum absolute atomic E-state index is 13.4. The Morgan fingerprint density at radius 2 is 2.15 bits per heavy atom. The number of aromatic nitrogens is 2. The zero-order chi connectivity index (χ0) is 14.5. The van der Waals surface area contributed by atoms with Crippen molar-refractivity contribution in [1.82, 2.24) is 15.1 Å². The highest BCUT2D eigenvalue weighted by Gasteiger charge is 2.16. The molecule has 0 amide bonds. The lowest BCUT2D eigenvalue weighted by Gasteiger charge is -2.17. The highest BCUT2D eigenvalue weighted by Crippen LogP contribution is 2.26. The molecule has 1 unspecified atom stereocenters. The molecule has 0 saturated heterocycles. The van der Waals surface area contributed by atoms with Gasteiger partial charge in [-0.1, -0.05) is 19.9 Å². The lowest BCUT2D eigenvalue weighted by molar-refractivity contribution is 0.595. The number of aryl methyl sites for hydroxylation is 1. The van der Waals surface area contributed by atoms with Gasteiger partial charge in [0, 0.05) is 18.3 Å². The van der Waals surface area contributed by atoms with Crippen LogP contribution in [0.3, 0.4) is 0 Å². The van der Waals surface area contributed by atoms with Crippen LogP contribution in [0.25, 0.3) is 0 Å². The Bertz CT molecular complexity index is 568. The van der Waals surface area contributed by atoms with Gasteiger partial charge in [0.05, 0.1) is 16.7 Å². The van der Waals surface area contributed by atoms with Crippen molar-refractivity contribution in [2.24, 2.45) is 0 Å². The molecule has 1 aromatic heterocycles. The van der Waals surface area contributed by atoms with E-state index in [0.29, 0.717) is 4.47 Å². The number of halogens is 2. The normalized spacial score (nSPS) is 12.6. The predicted octanol–water partition coefficient (Wildman–Crippen LogP) is 3.89. The molecule has 0 bridgehead atoms. The van der Waals surface area contributed by atoms with Crippen molar-refractivity contribution in [2.75, 3.05) is 6.54 Å². The first-order valence-electron chi connectivity index (χ1n) is 6.86. The molecule has 0 radical (unpaired) electrons. The molecule has 3 nitrogen and oxygen atoms in total.